The number of likely N-dealkylation sites (tertiary alicyclic amines) is 1. The molecule has 3 rings (SSSR count). The van der Waals surface area contributed by atoms with Gasteiger partial charge in [0.05, 0.1) is 0 Å². The maximum Gasteiger partial charge on any atom is 0.289 e. The molecule has 1 saturated heterocycles. The molecule has 4 nitrogen and oxygen atoms in total. The molecular weight excluding hydrogens is 252 g/mol. The molecule has 2 atom stereocenters. The van der Waals surface area contributed by atoms with E-state index >= 15 is 0 Å². The number of fused-ring (bicyclic) bond motifs is 1. The Morgan fingerprint density at radius 3 is 2.95 bits per heavy atom. The standard InChI is InChI=1S/C16H20N2O2/c1-10-4-3-7-18(11(10)2)16(19)15-9-12-8-13(17)5-6-14(12)20-15/h5-6,8-11H,3-4,7,17H2,1-2H3. The lowest BCUT2D eigenvalue weighted by Gasteiger charge is -2.37. The molecule has 1 aromatic heterocycles. The molecule has 0 spiro atoms. The van der Waals surface area contributed by atoms with Crippen LogP contribution in [-0.4, -0.2) is 23.4 Å². The molecule has 0 bridgehead atoms. The fraction of sp³-hybridized carbons (Fsp3) is 0.438. The minimum atomic E-state index is -0.0150. The second-order valence-electron chi connectivity index (χ2n) is 5.77. The number of furan rings is 1. The van der Waals surface area contributed by atoms with Gasteiger partial charge in [-0.05, 0) is 49.9 Å². The van der Waals surface area contributed by atoms with Gasteiger partial charge in [-0.25, -0.2) is 0 Å². The van der Waals surface area contributed by atoms with E-state index in [1.807, 2.05) is 17.0 Å². The largest absolute Gasteiger partial charge is 0.451 e. The van der Waals surface area contributed by atoms with Gasteiger partial charge in [0.15, 0.2) is 5.76 Å². The first-order chi connectivity index (χ1) is 9.56. The Balaban J connectivity index is 1.92. The maximum atomic E-state index is 12.6. The zero-order chi connectivity index (χ0) is 14.3. The molecule has 0 radical (unpaired) electrons. The molecule has 2 aromatic rings. The summed E-state index contributed by atoms with van der Waals surface area (Å²) in [5.41, 5.74) is 7.14. The molecule has 20 heavy (non-hydrogen) atoms. The monoisotopic (exact) mass is 272 g/mol. The first-order valence-corrected chi connectivity index (χ1v) is 7.16. The van der Waals surface area contributed by atoms with Crippen LogP contribution in [0.4, 0.5) is 5.69 Å². The van der Waals surface area contributed by atoms with Crippen LogP contribution in [0.5, 0.6) is 0 Å². The minimum Gasteiger partial charge on any atom is -0.451 e. The van der Waals surface area contributed by atoms with Crippen LogP contribution in [-0.2, 0) is 0 Å². The predicted octanol–water partition coefficient (Wildman–Crippen LogP) is 3.28. The number of hydrogen-bond acceptors (Lipinski definition) is 3. The highest BCUT2D eigenvalue weighted by Gasteiger charge is 2.30. The Labute approximate surface area is 118 Å². The fourth-order valence-corrected chi connectivity index (χ4v) is 2.93. The molecule has 106 valence electrons. The highest BCUT2D eigenvalue weighted by atomic mass is 16.3. The molecule has 1 fully saturated rings. The van der Waals surface area contributed by atoms with Gasteiger partial charge < -0.3 is 15.1 Å². The quantitative estimate of drug-likeness (QED) is 0.810. The van der Waals surface area contributed by atoms with Crippen LogP contribution < -0.4 is 5.73 Å². The van der Waals surface area contributed by atoms with Crippen molar-refractivity contribution in [2.45, 2.75) is 32.7 Å². The maximum absolute atomic E-state index is 12.6. The summed E-state index contributed by atoms with van der Waals surface area (Å²) in [6.45, 7) is 5.12. The van der Waals surface area contributed by atoms with E-state index in [2.05, 4.69) is 13.8 Å². The molecule has 2 N–H and O–H groups in total. The number of anilines is 1. The van der Waals surface area contributed by atoms with Crippen LogP contribution in [0.1, 0.15) is 37.2 Å². The second kappa shape index (κ2) is 4.85. The third-order valence-electron chi connectivity index (χ3n) is 4.39. The fourth-order valence-electron chi connectivity index (χ4n) is 2.93. The first-order valence-electron chi connectivity index (χ1n) is 7.16. The summed E-state index contributed by atoms with van der Waals surface area (Å²) in [5.74, 6) is 0.929. The van der Waals surface area contributed by atoms with E-state index in [4.69, 9.17) is 10.2 Å². The Bertz CT molecular complexity index is 647. The van der Waals surface area contributed by atoms with Crippen molar-refractivity contribution in [2.75, 3.05) is 12.3 Å². The van der Waals surface area contributed by atoms with Gasteiger partial charge in [-0.15, -0.1) is 0 Å². The Hall–Kier alpha value is -1.97. The van der Waals surface area contributed by atoms with Crippen LogP contribution in [0.15, 0.2) is 28.7 Å². The molecule has 0 saturated carbocycles. The van der Waals surface area contributed by atoms with Gasteiger partial charge in [0, 0.05) is 23.7 Å². The number of hydrogen-bond donors (Lipinski definition) is 1. The van der Waals surface area contributed by atoms with Crippen molar-refractivity contribution in [3.05, 3.63) is 30.0 Å². The summed E-state index contributed by atoms with van der Waals surface area (Å²) in [7, 11) is 0. The highest BCUT2D eigenvalue weighted by Crippen LogP contribution is 2.27. The number of benzene rings is 1. The normalized spacial score (nSPS) is 23.2. The van der Waals surface area contributed by atoms with Crippen molar-refractivity contribution in [3.8, 4) is 0 Å². The molecule has 1 amide bonds. The van der Waals surface area contributed by atoms with Crippen LogP contribution in [0.25, 0.3) is 11.0 Å². The Morgan fingerprint density at radius 2 is 2.15 bits per heavy atom. The lowest BCUT2D eigenvalue weighted by atomic mass is 9.92. The molecule has 2 unspecified atom stereocenters. The number of amides is 1. The molecule has 0 aliphatic carbocycles. The summed E-state index contributed by atoms with van der Waals surface area (Å²) in [6, 6.07) is 7.47. The minimum absolute atomic E-state index is 0.0150. The topological polar surface area (TPSA) is 59.5 Å². The Kier molecular flexibility index (Phi) is 3.16. The molecule has 1 aliphatic heterocycles. The van der Waals surface area contributed by atoms with Gasteiger partial charge in [0.1, 0.15) is 5.58 Å². The van der Waals surface area contributed by atoms with E-state index in [1.165, 1.54) is 6.42 Å². The van der Waals surface area contributed by atoms with E-state index in [0.717, 1.165) is 18.4 Å². The predicted molar refractivity (Wildman–Crippen MR) is 79.5 cm³/mol. The van der Waals surface area contributed by atoms with Crippen molar-refractivity contribution in [2.24, 2.45) is 5.92 Å². The third-order valence-corrected chi connectivity index (χ3v) is 4.39. The van der Waals surface area contributed by atoms with E-state index in [9.17, 15) is 4.79 Å². The van der Waals surface area contributed by atoms with Crippen LogP contribution in [0, 0.1) is 5.92 Å². The summed E-state index contributed by atoms with van der Waals surface area (Å²) >= 11 is 0. The summed E-state index contributed by atoms with van der Waals surface area (Å²) in [6.07, 6.45) is 2.24. The zero-order valence-electron chi connectivity index (χ0n) is 11.9. The van der Waals surface area contributed by atoms with Gasteiger partial charge in [-0.3, -0.25) is 4.79 Å². The number of nitrogens with zero attached hydrogens (tertiary/aromatic N) is 1. The van der Waals surface area contributed by atoms with Gasteiger partial charge >= 0.3 is 0 Å². The molecule has 1 aliphatic rings. The number of carbonyl (C=O) groups is 1. The molecule has 1 aromatic carbocycles. The number of rotatable bonds is 1. The van der Waals surface area contributed by atoms with Gasteiger partial charge in [-0.2, -0.15) is 0 Å². The molecule has 2 heterocycles. The van der Waals surface area contributed by atoms with E-state index in [0.29, 0.717) is 22.9 Å². The number of nitrogens with two attached hydrogens (primary N) is 1. The average Bonchev–Trinajstić information content (AvgIpc) is 2.84. The summed E-state index contributed by atoms with van der Waals surface area (Å²) in [5, 5.41) is 0.881. The van der Waals surface area contributed by atoms with Crippen molar-refractivity contribution in [1.82, 2.24) is 4.90 Å². The lowest BCUT2D eigenvalue weighted by molar-refractivity contribution is 0.0521. The number of piperidine rings is 1. The third kappa shape index (κ3) is 2.15. The van der Waals surface area contributed by atoms with Gasteiger partial charge in [-0.1, -0.05) is 6.92 Å². The van der Waals surface area contributed by atoms with E-state index in [-0.39, 0.29) is 11.9 Å². The highest BCUT2D eigenvalue weighted by molar-refractivity contribution is 5.96. The number of carbonyl (C=O) groups excluding carboxylic acids is 1. The van der Waals surface area contributed by atoms with Crippen molar-refractivity contribution in [3.63, 3.8) is 0 Å². The Morgan fingerprint density at radius 1 is 1.35 bits per heavy atom. The average molecular weight is 272 g/mol. The SMILES string of the molecule is CC1CCCN(C(=O)c2cc3cc(N)ccc3o2)C1C. The van der Waals surface area contributed by atoms with Crippen LogP contribution in [0.3, 0.4) is 0 Å². The molecule has 4 heteroatoms. The lowest BCUT2D eigenvalue weighted by Crippen LogP contribution is -2.45. The smallest absolute Gasteiger partial charge is 0.289 e. The summed E-state index contributed by atoms with van der Waals surface area (Å²) < 4.78 is 5.67. The van der Waals surface area contributed by atoms with Crippen LogP contribution in [0.2, 0.25) is 0 Å². The van der Waals surface area contributed by atoms with E-state index in [1.54, 1.807) is 12.1 Å². The molecular formula is C16H20N2O2. The van der Waals surface area contributed by atoms with Gasteiger partial charge in [0.2, 0.25) is 0 Å². The first kappa shape index (κ1) is 13.0. The number of nitrogen functional groups attached to an aromatic ring is 1. The van der Waals surface area contributed by atoms with Crippen LogP contribution >= 0.6 is 0 Å². The van der Waals surface area contributed by atoms with Crippen molar-refractivity contribution >= 4 is 22.6 Å². The summed E-state index contributed by atoms with van der Waals surface area (Å²) in [4.78, 5) is 14.5. The second-order valence-corrected chi connectivity index (χ2v) is 5.77. The van der Waals surface area contributed by atoms with Gasteiger partial charge in [0.25, 0.3) is 5.91 Å². The van der Waals surface area contributed by atoms with E-state index < -0.39 is 0 Å². The van der Waals surface area contributed by atoms with Crippen molar-refractivity contribution in [1.29, 1.82) is 0 Å². The van der Waals surface area contributed by atoms with Crippen molar-refractivity contribution < 1.29 is 9.21 Å². The zero-order valence-corrected chi connectivity index (χ0v) is 11.9.